The summed E-state index contributed by atoms with van der Waals surface area (Å²) in [5.74, 6) is 0. The van der Waals surface area contributed by atoms with E-state index in [0.717, 1.165) is 0 Å². The summed E-state index contributed by atoms with van der Waals surface area (Å²) in [6.07, 6.45) is 2.48. The van der Waals surface area contributed by atoms with Crippen molar-refractivity contribution < 1.29 is 0 Å². The van der Waals surface area contributed by atoms with Gasteiger partial charge in [-0.15, -0.1) is 0 Å². The van der Waals surface area contributed by atoms with E-state index in [1.807, 2.05) is 0 Å². The highest BCUT2D eigenvalue weighted by molar-refractivity contribution is 4.76. The van der Waals surface area contributed by atoms with Crippen LogP contribution in [0.1, 0.15) is 40.5 Å². The van der Waals surface area contributed by atoms with Gasteiger partial charge in [0.25, 0.3) is 0 Å². The third-order valence-corrected chi connectivity index (χ3v) is 2.46. The van der Waals surface area contributed by atoms with Gasteiger partial charge in [-0.2, -0.15) is 0 Å². The summed E-state index contributed by atoms with van der Waals surface area (Å²) in [4.78, 5) is 2.42. The number of nitrogens with zero attached hydrogens (tertiary/aromatic N) is 1. The summed E-state index contributed by atoms with van der Waals surface area (Å²) >= 11 is 0. The zero-order valence-electron chi connectivity index (χ0n) is 8.07. The summed E-state index contributed by atoms with van der Waals surface area (Å²) in [5, 5.41) is 0. The number of hydrogen-bond acceptors (Lipinski definition) is 1. The van der Waals surface area contributed by atoms with Gasteiger partial charge >= 0.3 is 0 Å². The Bertz CT molecular complexity index is 86.7. The van der Waals surface area contributed by atoms with E-state index >= 15 is 0 Å². The maximum atomic E-state index is 2.42. The second-order valence-electron chi connectivity index (χ2n) is 3.59. The minimum absolute atomic E-state index is 0.385. The Morgan fingerprint density at radius 1 is 1.20 bits per heavy atom. The second kappa shape index (κ2) is 3.97. The van der Waals surface area contributed by atoms with Crippen molar-refractivity contribution in [3.8, 4) is 0 Å². The molecule has 1 heteroatoms. The van der Waals surface area contributed by atoms with Crippen molar-refractivity contribution in [2.24, 2.45) is 0 Å². The summed E-state index contributed by atoms with van der Waals surface area (Å²) in [6.45, 7) is 10.3. The monoisotopic (exact) mass is 143 g/mol. The molecule has 10 heavy (non-hydrogen) atoms. The first-order valence-electron chi connectivity index (χ1n) is 4.25. The Balaban J connectivity index is 3.78. The van der Waals surface area contributed by atoms with E-state index in [4.69, 9.17) is 0 Å². The smallest absolute Gasteiger partial charge is 0.0147 e. The predicted octanol–water partition coefficient (Wildman–Crippen LogP) is 2.52. The van der Waals surface area contributed by atoms with Crippen LogP contribution < -0.4 is 0 Å². The summed E-state index contributed by atoms with van der Waals surface area (Å²) in [6, 6.07) is 0. The van der Waals surface area contributed by atoms with E-state index in [9.17, 15) is 0 Å². The molecule has 1 nitrogen and oxygen atoms in total. The highest BCUT2D eigenvalue weighted by atomic mass is 15.2. The molecule has 0 heterocycles. The fourth-order valence-corrected chi connectivity index (χ4v) is 0.908. The number of rotatable bonds is 4. The molecule has 0 aromatic heterocycles. The van der Waals surface area contributed by atoms with Gasteiger partial charge < -0.3 is 4.90 Å². The quantitative estimate of drug-likeness (QED) is 0.584. The number of hydrogen-bond donors (Lipinski definition) is 0. The van der Waals surface area contributed by atoms with Crippen LogP contribution in [0.2, 0.25) is 0 Å². The van der Waals surface area contributed by atoms with Gasteiger partial charge in [-0.3, -0.25) is 0 Å². The van der Waals surface area contributed by atoms with E-state index < -0.39 is 0 Å². The van der Waals surface area contributed by atoms with Crippen LogP contribution in [0.3, 0.4) is 0 Å². The standard InChI is InChI=1S/C9H21N/c1-6-8-10(5)9(3,4)7-2/h6-8H2,1-5H3. The molecule has 0 radical (unpaired) electrons. The van der Waals surface area contributed by atoms with E-state index in [0.29, 0.717) is 5.54 Å². The van der Waals surface area contributed by atoms with Gasteiger partial charge in [-0.25, -0.2) is 0 Å². The molecule has 0 saturated heterocycles. The largest absolute Gasteiger partial charge is 0.301 e. The zero-order valence-corrected chi connectivity index (χ0v) is 8.07. The molecular weight excluding hydrogens is 122 g/mol. The lowest BCUT2D eigenvalue weighted by atomic mass is 10.00. The minimum atomic E-state index is 0.385. The molecule has 0 atom stereocenters. The SMILES string of the molecule is CCCN(C)C(C)(C)CC. The van der Waals surface area contributed by atoms with E-state index in [-0.39, 0.29) is 0 Å². The van der Waals surface area contributed by atoms with E-state index in [1.165, 1.54) is 19.4 Å². The van der Waals surface area contributed by atoms with E-state index in [2.05, 4.69) is 39.6 Å². The lowest BCUT2D eigenvalue weighted by molar-refractivity contribution is 0.151. The van der Waals surface area contributed by atoms with Crippen LogP contribution in [0.25, 0.3) is 0 Å². The van der Waals surface area contributed by atoms with Gasteiger partial charge in [0.1, 0.15) is 0 Å². The Morgan fingerprint density at radius 3 is 2.00 bits per heavy atom. The normalized spacial score (nSPS) is 12.6. The first-order chi connectivity index (χ1) is 4.54. The first-order valence-corrected chi connectivity index (χ1v) is 4.25. The minimum Gasteiger partial charge on any atom is -0.301 e. The average Bonchev–Trinajstić information content (AvgIpc) is 1.89. The summed E-state index contributed by atoms with van der Waals surface area (Å²) < 4.78 is 0. The van der Waals surface area contributed by atoms with Gasteiger partial charge in [0.05, 0.1) is 0 Å². The summed E-state index contributed by atoms with van der Waals surface area (Å²) in [5.41, 5.74) is 0.385. The van der Waals surface area contributed by atoms with Crippen LogP contribution in [0.15, 0.2) is 0 Å². The third kappa shape index (κ3) is 2.70. The molecule has 0 amide bonds. The van der Waals surface area contributed by atoms with Crippen molar-refractivity contribution in [3.63, 3.8) is 0 Å². The van der Waals surface area contributed by atoms with Crippen molar-refractivity contribution in [3.05, 3.63) is 0 Å². The molecule has 0 rings (SSSR count). The van der Waals surface area contributed by atoms with Crippen LogP contribution in [0.4, 0.5) is 0 Å². The molecular formula is C9H21N. The van der Waals surface area contributed by atoms with Crippen LogP contribution in [-0.2, 0) is 0 Å². The molecule has 0 unspecified atom stereocenters. The van der Waals surface area contributed by atoms with Gasteiger partial charge in [-0.1, -0.05) is 13.8 Å². The molecule has 0 aliphatic rings. The van der Waals surface area contributed by atoms with Crippen LogP contribution in [0.5, 0.6) is 0 Å². The highest BCUT2D eigenvalue weighted by Gasteiger charge is 2.19. The molecule has 0 N–H and O–H groups in total. The first kappa shape index (κ1) is 9.96. The molecule has 0 aliphatic heterocycles. The Kier molecular flexibility index (Phi) is 3.95. The maximum absolute atomic E-state index is 2.42. The Hall–Kier alpha value is -0.0400. The van der Waals surface area contributed by atoms with Crippen molar-refractivity contribution in [1.82, 2.24) is 4.90 Å². The summed E-state index contributed by atoms with van der Waals surface area (Å²) in [7, 11) is 2.20. The van der Waals surface area contributed by atoms with E-state index in [1.54, 1.807) is 0 Å². The lowest BCUT2D eigenvalue weighted by Gasteiger charge is -2.34. The molecule has 0 spiro atoms. The molecule has 0 fully saturated rings. The van der Waals surface area contributed by atoms with Crippen LogP contribution in [0, 0.1) is 0 Å². The predicted molar refractivity (Wildman–Crippen MR) is 47.3 cm³/mol. The van der Waals surface area contributed by atoms with Gasteiger partial charge in [0.15, 0.2) is 0 Å². The molecule has 0 saturated carbocycles. The van der Waals surface area contributed by atoms with Crippen molar-refractivity contribution in [2.45, 2.75) is 46.1 Å². The third-order valence-electron chi connectivity index (χ3n) is 2.46. The average molecular weight is 143 g/mol. The second-order valence-corrected chi connectivity index (χ2v) is 3.59. The Morgan fingerprint density at radius 2 is 1.70 bits per heavy atom. The van der Waals surface area contributed by atoms with Crippen LogP contribution >= 0.6 is 0 Å². The van der Waals surface area contributed by atoms with Gasteiger partial charge in [0, 0.05) is 5.54 Å². The van der Waals surface area contributed by atoms with Gasteiger partial charge in [-0.05, 0) is 40.3 Å². The molecule has 0 aromatic carbocycles. The van der Waals surface area contributed by atoms with Crippen molar-refractivity contribution in [2.75, 3.05) is 13.6 Å². The highest BCUT2D eigenvalue weighted by Crippen LogP contribution is 2.15. The molecule has 0 aliphatic carbocycles. The fourth-order valence-electron chi connectivity index (χ4n) is 0.908. The molecule has 0 bridgehead atoms. The topological polar surface area (TPSA) is 3.24 Å². The maximum Gasteiger partial charge on any atom is 0.0147 e. The molecule has 62 valence electrons. The molecule has 0 aromatic rings. The van der Waals surface area contributed by atoms with Crippen molar-refractivity contribution in [1.29, 1.82) is 0 Å². The lowest BCUT2D eigenvalue weighted by Crippen LogP contribution is -2.40. The van der Waals surface area contributed by atoms with Gasteiger partial charge in [0.2, 0.25) is 0 Å². The fraction of sp³-hybridized carbons (Fsp3) is 1.00. The Labute approximate surface area is 65.4 Å². The zero-order chi connectivity index (χ0) is 8.20. The van der Waals surface area contributed by atoms with Crippen LogP contribution in [-0.4, -0.2) is 24.0 Å². The van der Waals surface area contributed by atoms with Crippen molar-refractivity contribution >= 4 is 0 Å².